The molecule has 0 aromatic heterocycles. The van der Waals surface area contributed by atoms with E-state index in [0.29, 0.717) is 0 Å². The zero-order valence-electron chi connectivity index (χ0n) is 4.90. The molecular formula is C4H9NO2S2. The molecule has 9 heavy (non-hydrogen) atoms. The minimum Gasteiger partial charge on any atom is -0.480 e. The summed E-state index contributed by atoms with van der Waals surface area (Å²) in [5.41, 5.74) is 5.14. The minimum atomic E-state index is -1.09. The highest BCUT2D eigenvalue weighted by Gasteiger charge is 2.28. The van der Waals surface area contributed by atoms with Crippen molar-refractivity contribution in [3.63, 3.8) is 0 Å². The van der Waals surface area contributed by atoms with E-state index in [4.69, 9.17) is 10.8 Å². The van der Waals surface area contributed by atoms with Crippen LogP contribution in [0.2, 0.25) is 0 Å². The number of nitrogens with two attached hydrogens (primary N) is 1. The van der Waals surface area contributed by atoms with Gasteiger partial charge in [0.2, 0.25) is 0 Å². The lowest BCUT2D eigenvalue weighted by molar-refractivity contribution is -0.138. The van der Waals surface area contributed by atoms with E-state index in [-0.39, 0.29) is 0 Å². The van der Waals surface area contributed by atoms with E-state index in [2.05, 4.69) is 25.3 Å². The quantitative estimate of drug-likeness (QED) is 0.345. The molecule has 0 saturated carbocycles. The monoisotopic (exact) mass is 167 g/mol. The topological polar surface area (TPSA) is 63.3 Å². The second-order valence-electron chi connectivity index (χ2n) is 1.91. The lowest BCUT2D eigenvalue weighted by atomic mass is 10.2. The Bertz CT molecular complexity index is 120. The first-order chi connectivity index (χ1) is 3.85. The zero-order chi connectivity index (χ0) is 7.65. The van der Waals surface area contributed by atoms with Crippen molar-refractivity contribution in [3.05, 3.63) is 0 Å². The number of carboxylic acids is 1. The molecule has 3 N–H and O–H groups in total. The van der Waals surface area contributed by atoms with Crippen molar-refractivity contribution >= 4 is 31.2 Å². The molecule has 0 aliphatic carbocycles. The van der Waals surface area contributed by atoms with Gasteiger partial charge in [-0.2, -0.15) is 25.3 Å². The minimum absolute atomic E-state index is 0.953. The molecule has 0 rings (SSSR count). The van der Waals surface area contributed by atoms with E-state index in [0.717, 1.165) is 0 Å². The van der Waals surface area contributed by atoms with Crippen LogP contribution in [0.15, 0.2) is 0 Å². The summed E-state index contributed by atoms with van der Waals surface area (Å²) in [7, 11) is 0. The highest BCUT2D eigenvalue weighted by molar-refractivity contribution is 8.00. The molecule has 0 aromatic carbocycles. The van der Waals surface area contributed by atoms with Gasteiger partial charge in [0.25, 0.3) is 0 Å². The van der Waals surface area contributed by atoms with Crippen LogP contribution in [0.5, 0.6) is 0 Å². The lowest BCUT2D eigenvalue weighted by Crippen LogP contribution is -2.43. The predicted molar refractivity (Wildman–Crippen MR) is 42.0 cm³/mol. The molecule has 0 spiro atoms. The smallest absolute Gasteiger partial charge is 0.322 e. The Hall–Kier alpha value is 0.130. The first kappa shape index (κ1) is 9.13. The van der Waals surface area contributed by atoms with Gasteiger partial charge in [0.05, 0.1) is 4.08 Å². The number of carboxylic acid groups (broad SMARTS) is 1. The van der Waals surface area contributed by atoms with Gasteiger partial charge < -0.3 is 10.8 Å². The van der Waals surface area contributed by atoms with E-state index in [1.54, 1.807) is 0 Å². The standard InChI is InChI=1S/C4H9NO2S2/c1-4(8,9)2(5)3(6)7/h2,8-9H,5H2,1H3,(H,6,7)/t2-/m0/s1. The lowest BCUT2D eigenvalue weighted by Gasteiger charge is -2.20. The van der Waals surface area contributed by atoms with Gasteiger partial charge in [-0.25, -0.2) is 0 Å². The maximum Gasteiger partial charge on any atom is 0.322 e. The average molecular weight is 167 g/mol. The maximum atomic E-state index is 10.1. The molecule has 0 unspecified atom stereocenters. The maximum absolute atomic E-state index is 10.1. The van der Waals surface area contributed by atoms with Crippen LogP contribution in [0.1, 0.15) is 6.92 Å². The van der Waals surface area contributed by atoms with Crippen LogP contribution in [-0.4, -0.2) is 21.2 Å². The summed E-state index contributed by atoms with van der Waals surface area (Å²) in [5, 5.41) is 8.29. The Kier molecular flexibility index (Phi) is 2.85. The Morgan fingerprint density at radius 2 is 2.11 bits per heavy atom. The Balaban J connectivity index is 4.04. The summed E-state index contributed by atoms with van der Waals surface area (Å²) in [6.07, 6.45) is 0. The Labute approximate surface area is 64.4 Å². The fourth-order valence-electron chi connectivity index (χ4n) is 0.234. The molecule has 0 aromatic rings. The van der Waals surface area contributed by atoms with Crippen LogP contribution in [-0.2, 0) is 4.79 Å². The van der Waals surface area contributed by atoms with Crippen molar-refractivity contribution in [1.82, 2.24) is 0 Å². The average Bonchev–Trinajstić information content (AvgIpc) is 1.62. The predicted octanol–water partition coefficient (Wildman–Crippen LogP) is -0.0259. The second-order valence-corrected chi connectivity index (χ2v) is 4.12. The summed E-state index contributed by atoms with van der Waals surface area (Å²) in [5.74, 6) is -1.09. The number of thiol groups is 2. The SMILES string of the molecule is CC(S)(S)[C@@H](N)C(=O)O. The van der Waals surface area contributed by atoms with E-state index < -0.39 is 16.1 Å². The van der Waals surface area contributed by atoms with Crippen molar-refractivity contribution in [1.29, 1.82) is 0 Å². The van der Waals surface area contributed by atoms with Crippen LogP contribution in [0, 0.1) is 0 Å². The molecule has 0 amide bonds. The molecule has 0 fully saturated rings. The van der Waals surface area contributed by atoms with Gasteiger partial charge in [0, 0.05) is 0 Å². The summed E-state index contributed by atoms with van der Waals surface area (Å²) >= 11 is 7.69. The van der Waals surface area contributed by atoms with E-state index >= 15 is 0 Å². The fraction of sp³-hybridized carbons (Fsp3) is 0.750. The number of aliphatic carboxylic acids is 1. The number of hydrogen-bond donors (Lipinski definition) is 4. The molecule has 1 atom stereocenters. The summed E-state index contributed by atoms with van der Waals surface area (Å²) in [4.78, 5) is 10.1. The molecule has 0 saturated heterocycles. The van der Waals surface area contributed by atoms with Crippen molar-refractivity contribution in [3.8, 4) is 0 Å². The zero-order valence-corrected chi connectivity index (χ0v) is 6.69. The molecule has 0 radical (unpaired) electrons. The van der Waals surface area contributed by atoms with Crippen LogP contribution in [0.4, 0.5) is 0 Å². The summed E-state index contributed by atoms with van der Waals surface area (Å²) in [6.45, 7) is 1.53. The van der Waals surface area contributed by atoms with Gasteiger partial charge in [0.15, 0.2) is 0 Å². The molecule has 0 heterocycles. The highest BCUT2D eigenvalue weighted by atomic mass is 32.2. The number of carbonyl (C=O) groups is 1. The molecule has 0 bridgehead atoms. The summed E-state index contributed by atoms with van der Waals surface area (Å²) in [6, 6.07) is -1.04. The highest BCUT2D eigenvalue weighted by Crippen LogP contribution is 2.21. The number of rotatable bonds is 2. The second kappa shape index (κ2) is 2.81. The van der Waals surface area contributed by atoms with Crippen molar-refractivity contribution in [2.45, 2.75) is 17.0 Å². The van der Waals surface area contributed by atoms with Gasteiger partial charge in [-0.1, -0.05) is 0 Å². The van der Waals surface area contributed by atoms with Crippen molar-refractivity contribution in [2.24, 2.45) is 5.73 Å². The van der Waals surface area contributed by atoms with Crippen molar-refractivity contribution < 1.29 is 9.90 Å². The Morgan fingerprint density at radius 3 is 2.11 bits per heavy atom. The summed E-state index contributed by atoms with van der Waals surface area (Å²) < 4.78 is -0.953. The van der Waals surface area contributed by atoms with Gasteiger partial charge >= 0.3 is 5.97 Å². The third-order valence-corrected chi connectivity index (χ3v) is 1.41. The molecule has 0 aliphatic rings. The third kappa shape index (κ3) is 2.98. The fourth-order valence-corrected chi connectivity index (χ4v) is 0.455. The van der Waals surface area contributed by atoms with Crippen LogP contribution in [0.25, 0.3) is 0 Å². The van der Waals surface area contributed by atoms with Gasteiger partial charge in [-0.3, -0.25) is 4.79 Å². The van der Waals surface area contributed by atoms with E-state index in [1.165, 1.54) is 6.92 Å². The molecule has 0 aliphatic heterocycles. The normalized spacial score (nSPS) is 15.1. The molecule has 54 valence electrons. The third-order valence-electron chi connectivity index (χ3n) is 0.855. The molecular weight excluding hydrogens is 158 g/mol. The van der Waals surface area contributed by atoms with E-state index in [1.807, 2.05) is 0 Å². The van der Waals surface area contributed by atoms with Gasteiger partial charge in [-0.15, -0.1) is 0 Å². The first-order valence-electron chi connectivity index (χ1n) is 2.29. The van der Waals surface area contributed by atoms with E-state index in [9.17, 15) is 4.79 Å². The van der Waals surface area contributed by atoms with Crippen LogP contribution in [0.3, 0.4) is 0 Å². The molecule has 3 nitrogen and oxygen atoms in total. The largest absolute Gasteiger partial charge is 0.480 e. The van der Waals surface area contributed by atoms with Gasteiger partial charge in [-0.05, 0) is 6.92 Å². The molecule has 5 heteroatoms. The van der Waals surface area contributed by atoms with Crippen molar-refractivity contribution in [2.75, 3.05) is 0 Å². The van der Waals surface area contributed by atoms with Crippen LogP contribution >= 0.6 is 25.3 Å². The van der Waals surface area contributed by atoms with Gasteiger partial charge in [0.1, 0.15) is 6.04 Å². The number of hydrogen-bond acceptors (Lipinski definition) is 4. The Morgan fingerprint density at radius 1 is 1.78 bits per heavy atom. The first-order valence-corrected chi connectivity index (χ1v) is 3.18. The van der Waals surface area contributed by atoms with Crippen LogP contribution < -0.4 is 5.73 Å².